The van der Waals surface area contributed by atoms with E-state index in [1.165, 1.54) is 0 Å². The molecule has 1 saturated carbocycles. The monoisotopic (exact) mass is 227 g/mol. The Balaban J connectivity index is 1.81. The van der Waals surface area contributed by atoms with Gasteiger partial charge in [-0.25, -0.2) is 8.78 Å². The zero-order valence-corrected chi connectivity index (χ0v) is 8.96. The molecule has 0 aliphatic heterocycles. The summed E-state index contributed by atoms with van der Waals surface area (Å²) in [6, 6.07) is 9.49. The molecule has 1 aromatic carbocycles. The molecule has 0 spiro atoms. The van der Waals surface area contributed by atoms with Crippen molar-refractivity contribution in [3.63, 3.8) is 0 Å². The molecule has 0 radical (unpaired) electrons. The number of alkyl halides is 2. The van der Waals surface area contributed by atoms with Gasteiger partial charge in [-0.3, -0.25) is 0 Å². The first-order chi connectivity index (χ1) is 7.60. The highest BCUT2D eigenvalue weighted by atomic mass is 19.3. The highest BCUT2D eigenvalue weighted by molar-refractivity contribution is 5.14. The molecule has 0 bridgehead atoms. The molecule has 1 fully saturated rings. The molecule has 0 unspecified atom stereocenters. The molecule has 2 rings (SSSR count). The van der Waals surface area contributed by atoms with Crippen LogP contribution in [0.15, 0.2) is 30.3 Å². The predicted molar refractivity (Wildman–Crippen MR) is 57.1 cm³/mol. The summed E-state index contributed by atoms with van der Waals surface area (Å²) in [5, 5.41) is 0. The Hall–Kier alpha value is -1.00. The average molecular weight is 227 g/mol. The summed E-state index contributed by atoms with van der Waals surface area (Å²) in [5.41, 5.74) is 5.24. The number of nitrogens with two attached hydrogens (primary N) is 1. The van der Waals surface area contributed by atoms with Crippen LogP contribution in [-0.4, -0.2) is 19.1 Å². The van der Waals surface area contributed by atoms with Crippen LogP contribution in [0.3, 0.4) is 0 Å². The van der Waals surface area contributed by atoms with Crippen molar-refractivity contribution in [2.24, 2.45) is 11.1 Å². The molecule has 0 heterocycles. The van der Waals surface area contributed by atoms with Crippen LogP contribution in [0.1, 0.15) is 12.0 Å². The van der Waals surface area contributed by atoms with Crippen LogP contribution in [0.4, 0.5) is 8.78 Å². The zero-order valence-electron chi connectivity index (χ0n) is 8.96. The lowest BCUT2D eigenvalue weighted by Gasteiger charge is -2.14. The fraction of sp³-hybridized carbons (Fsp3) is 0.500. The van der Waals surface area contributed by atoms with Crippen LogP contribution >= 0.6 is 0 Å². The smallest absolute Gasteiger partial charge is 0.258 e. The summed E-state index contributed by atoms with van der Waals surface area (Å²) >= 11 is 0. The van der Waals surface area contributed by atoms with E-state index in [4.69, 9.17) is 10.5 Å². The molecule has 1 aliphatic rings. The number of benzene rings is 1. The van der Waals surface area contributed by atoms with Crippen LogP contribution in [-0.2, 0) is 11.3 Å². The van der Waals surface area contributed by atoms with E-state index in [1.54, 1.807) is 0 Å². The first kappa shape index (κ1) is 11.5. The topological polar surface area (TPSA) is 35.2 Å². The predicted octanol–water partition coefficient (Wildman–Crippen LogP) is 2.19. The van der Waals surface area contributed by atoms with Gasteiger partial charge >= 0.3 is 0 Å². The molecule has 1 atom stereocenters. The molecule has 0 amide bonds. The molecule has 2 N–H and O–H groups in total. The Kier molecular flexibility index (Phi) is 2.95. The summed E-state index contributed by atoms with van der Waals surface area (Å²) in [4.78, 5) is 0. The van der Waals surface area contributed by atoms with E-state index in [2.05, 4.69) is 0 Å². The van der Waals surface area contributed by atoms with Crippen molar-refractivity contribution in [2.45, 2.75) is 19.0 Å². The third-order valence-corrected chi connectivity index (χ3v) is 3.09. The van der Waals surface area contributed by atoms with Crippen molar-refractivity contribution >= 4 is 0 Å². The summed E-state index contributed by atoms with van der Waals surface area (Å²) in [6.07, 6.45) is -0.148. The normalized spacial score (nSPS) is 26.7. The summed E-state index contributed by atoms with van der Waals surface area (Å²) in [6.45, 7) is 0.374. The van der Waals surface area contributed by atoms with E-state index in [-0.39, 0.29) is 19.6 Å². The van der Waals surface area contributed by atoms with Gasteiger partial charge in [0.25, 0.3) is 5.92 Å². The molecule has 1 aliphatic carbocycles. The molecular weight excluding hydrogens is 212 g/mol. The van der Waals surface area contributed by atoms with Crippen molar-refractivity contribution in [3.8, 4) is 0 Å². The Labute approximate surface area is 93.4 Å². The van der Waals surface area contributed by atoms with Crippen LogP contribution in [0.2, 0.25) is 0 Å². The standard InChI is InChI=1S/C12H15F2NO/c13-12(14)7-11(12,8-15)9-16-6-10-4-2-1-3-5-10/h1-5H,6-9,15H2/t11-/m1/s1. The Morgan fingerprint density at radius 1 is 1.25 bits per heavy atom. The number of hydrogen-bond donors (Lipinski definition) is 1. The van der Waals surface area contributed by atoms with Gasteiger partial charge < -0.3 is 10.5 Å². The molecule has 0 aromatic heterocycles. The minimum Gasteiger partial charge on any atom is -0.376 e. The first-order valence-electron chi connectivity index (χ1n) is 5.29. The number of hydrogen-bond acceptors (Lipinski definition) is 2. The third kappa shape index (κ3) is 2.08. The van der Waals surface area contributed by atoms with Gasteiger partial charge in [-0.2, -0.15) is 0 Å². The third-order valence-electron chi connectivity index (χ3n) is 3.09. The largest absolute Gasteiger partial charge is 0.376 e. The van der Waals surface area contributed by atoms with Crippen molar-refractivity contribution in [1.29, 1.82) is 0 Å². The Bertz CT molecular complexity index is 355. The highest BCUT2D eigenvalue weighted by Crippen LogP contribution is 2.59. The lowest BCUT2D eigenvalue weighted by molar-refractivity contribution is 0.00671. The lowest BCUT2D eigenvalue weighted by Crippen LogP contribution is -2.27. The summed E-state index contributed by atoms with van der Waals surface area (Å²) < 4.78 is 31.3. The fourth-order valence-electron chi connectivity index (χ4n) is 1.76. The van der Waals surface area contributed by atoms with Gasteiger partial charge in [0.05, 0.1) is 18.6 Å². The van der Waals surface area contributed by atoms with Crippen LogP contribution < -0.4 is 5.73 Å². The molecule has 4 heteroatoms. The fourth-order valence-corrected chi connectivity index (χ4v) is 1.76. The maximum Gasteiger partial charge on any atom is 0.258 e. The zero-order chi connectivity index (χ0) is 11.6. The van der Waals surface area contributed by atoms with Gasteiger partial charge in [0, 0.05) is 13.0 Å². The van der Waals surface area contributed by atoms with Gasteiger partial charge in [0.15, 0.2) is 0 Å². The SMILES string of the molecule is NC[C@@]1(COCc2ccccc2)CC1(F)F. The van der Waals surface area contributed by atoms with Crippen molar-refractivity contribution in [1.82, 2.24) is 0 Å². The van der Waals surface area contributed by atoms with E-state index in [1.807, 2.05) is 30.3 Å². The average Bonchev–Trinajstić information content (AvgIpc) is 2.83. The second kappa shape index (κ2) is 4.11. The highest BCUT2D eigenvalue weighted by Gasteiger charge is 2.70. The summed E-state index contributed by atoms with van der Waals surface area (Å²) in [5.74, 6) is -2.64. The second-order valence-electron chi connectivity index (χ2n) is 4.34. The molecule has 2 nitrogen and oxygen atoms in total. The quantitative estimate of drug-likeness (QED) is 0.836. The van der Waals surface area contributed by atoms with Crippen LogP contribution in [0, 0.1) is 5.41 Å². The van der Waals surface area contributed by atoms with Crippen LogP contribution in [0.5, 0.6) is 0 Å². The van der Waals surface area contributed by atoms with Gasteiger partial charge in [-0.1, -0.05) is 30.3 Å². The van der Waals surface area contributed by atoms with Gasteiger partial charge in [-0.15, -0.1) is 0 Å². The molecule has 16 heavy (non-hydrogen) atoms. The maximum absolute atomic E-state index is 13.0. The maximum atomic E-state index is 13.0. The van der Waals surface area contributed by atoms with E-state index in [9.17, 15) is 8.78 Å². The Morgan fingerprint density at radius 2 is 1.88 bits per heavy atom. The van der Waals surface area contributed by atoms with E-state index < -0.39 is 11.3 Å². The molecule has 0 saturated heterocycles. The summed E-state index contributed by atoms with van der Waals surface area (Å²) in [7, 11) is 0. The lowest BCUT2D eigenvalue weighted by atomic mass is 10.1. The van der Waals surface area contributed by atoms with Crippen molar-refractivity contribution < 1.29 is 13.5 Å². The van der Waals surface area contributed by atoms with Crippen LogP contribution in [0.25, 0.3) is 0 Å². The van der Waals surface area contributed by atoms with Gasteiger partial charge in [-0.05, 0) is 5.56 Å². The van der Waals surface area contributed by atoms with E-state index >= 15 is 0 Å². The van der Waals surface area contributed by atoms with Crippen molar-refractivity contribution in [2.75, 3.05) is 13.2 Å². The molecule has 1 aromatic rings. The molecule has 88 valence electrons. The molecular formula is C12H15F2NO. The van der Waals surface area contributed by atoms with E-state index in [0.717, 1.165) is 5.56 Å². The number of ether oxygens (including phenoxy) is 1. The minimum absolute atomic E-state index is 0.0191. The number of rotatable bonds is 5. The first-order valence-corrected chi connectivity index (χ1v) is 5.29. The number of halogens is 2. The van der Waals surface area contributed by atoms with Gasteiger partial charge in [0.2, 0.25) is 0 Å². The Morgan fingerprint density at radius 3 is 2.38 bits per heavy atom. The minimum atomic E-state index is -2.64. The van der Waals surface area contributed by atoms with E-state index in [0.29, 0.717) is 6.61 Å². The van der Waals surface area contributed by atoms with Gasteiger partial charge in [0.1, 0.15) is 0 Å². The van der Waals surface area contributed by atoms with Crippen molar-refractivity contribution in [3.05, 3.63) is 35.9 Å². The second-order valence-corrected chi connectivity index (χ2v) is 4.34.